The van der Waals surface area contributed by atoms with Crippen LogP contribution in [0.25, 0.3) is 0 Å². The van der Waals surface area contributed by atoms with Crippen LogP contribution in [0, 0.1) is 5.41 Å². The van der Waals surface area contributed by atoms with Gasteiger partial charge in [-0.3, -0.25) is 4.68 Å². The monoisotopic (exact) mass is 260 g/mol. The maximum atomic E-state index is 9.26. The molecule has 5 nitrogen and oxygen atoms in total. The molecular weight excluding hydrogens is 248 g/mol. The van der Waals surface area contributed by atoms with E-state index in [1.54, 1.807) is 4.68 Å². The lowest BCUT2D eigenvalue weighted by atomic mass is 10.0. The third-order valence-corrected chi connectivity index (χ3v) is 3.63. The molecule has 78 valence electrons. The van der Waals surface area contributed by atoms with Crippen molar-refractivity contribution in [1.29, 1.82) is 0 Å². The van der Waals surface area contributed by atoms with Gasteiger partial charge in [0.05, 0.1) is 12.3 Å². The third-order valence-electron chi connectivity index (χ3n) is 3.07. The van der Waals surface area contributed by atoms with Gasteiger partial charge in [0.2, 0.25) is 0 Å². The van der Waals surface area contributed by atoms with E-state index in [4.69, 9.17) is 5.73 Å². The Kier molecular flexibility index (Phi) is 2.36. The van der Waals surface area contributed by atoms with Crippen molar-refractivity contribution in [3.05, 3.63) is 10.3 Å². The molecular formula is C8H13BrN4O. The molecule has 0 bridgehead atoms. The number of halogens is 1. The van der Waals surface area contributed by atoms with Gasteiger partial charge in [-0.2, -0.15) is 0 Å². The van der Waals surface area contributed by atoms with Crippen LogP contribution in [0.2, 0.25) is 0 Å². The Morgan fingerprint density at radius 2 is 2.50 bits per heavy atom. The number of aryl methyl sites for hydroxylation is 1. The van der Waals surface area contributed by atoms with Gasteiger partial charge in [0.15, 0.2) is 4.60 Å². The summed E-state index contributed by atoms with van der Waals surface area (Å²) >= 11 is 3.35. The standard InChI is InChI=1S/C8H13BrN4O/c1-13-6(7(9)11-12-13)5-2-8(5,3-10)4-14/h5,14H,2-4,10H2,1H3. The second-order valence-electron chi connectivity index (χ2n) is 3.87. The molecule has 1 aliphatic carbocycles. The molecule has 2 rings (SSSR count). The number of hydrogen-bond acceptors (Lipinski definition) is 4. The average Bonchev–Trinajstić information content (AvgIpc) is 2.82. The van der Waals surface area contributed by atoms with E-state index in [2.05, 4.69) is 26.2 Å². The second kappa shape index (κ2) is 3.29. The second-order valence-corrected chi connectivity index (χ2v) is 4.62. The van der Waals surface area contributed by atoms with Gasteiger partial charge in [-0.1, -0.05) is 5.21 Å². The summed E-state index contributed by atoms with van der Waals surface area (Å²) in [6.07, 6.45) is 0.916. The first kappa shape index (κ1) is 10.1. The molecule has 14 heavy (non-hydrogen) atoms. The number of aliphatic hydroxyl groups is 1. The Bertz CT molecular complexity index is 328. The summed E-state index contributed by atoms with van der Waals surface area (Å²) in [5.41, 5.74) is 6.54. The molecule has 3 N–H and O–H groups in total. The number of nitrogens with zero attached hydrogens (tertiary/aromatic N) is 3. The zero-order valence-corrected chi connectivity index (χ0v) is 9.53. The fourth-order valence-corrected chi connectivity index (χ4v) is 2.51. The third kappa shape index (κ3) is 1.29. The molecule has 1 aromatic rings. The van der Waals surface area contributed by atoms with Gasteiger partial charge in [0.1, 0.15) is 0 Å². The smallest absolute Gasteiger partial charge is 0.151 e. The molecule has 0 spiro atoms. The summed E-state index contributed by atoms with van der Waals surface area (Å²) in [6.45, 7) is 0.636. The van der Waals surface area contributed by atoms with Crippen LogP contribution in [0.1, 0.15) is 18.0 Å². The Labute approximate surface area is 90.4 Å². The highest BCUT2D eigenvalue weighted by atomic mass is 79.9. The first-order valence-electron chi connectivity index (χ1n) is 4.50. The average molecular weight is 261 g/mol. The normalized spacial score (nSPS) is 30.7. The molecule has 1 aromatic heterocycles. The lowest BCUT2D eigenvalue weighted by Crippen LogP contribution is -2.22. The fraction of sp³-hybridized carbons (Fsp3) is 0.750. The van der Waals surface area contributed by atoms with Gasteiger partial charge in [0.25, 0.3) is 0 Å². The fourth-order valence-electron chi connectivity index (χ4n) is 1.91. The molecule has 0 aromatic carbocycles. The minimum Gasteiger partial charge on any atom is -0.396 e. The largest absolute Gasteiger partial charge is 0.396 e. The predicted molar refractivity (Wildman–Crippen MR) is 54.6 cm³/mol. The van der Waals surface area contributed by atoms with E-state index in [9.17, 15) is 5.11 Å². The number of nitrogens with two attached hydrogens (primary N) is 1. The van der Waals surface area contributed by atoms with Gasteiger partial charge in [0, 0.05) is 24.9 Å². The van der Waals surface area contributed by atoms with Crippen LogP contribution < -0.4 is 5.73 Å². The maximum absolute atomic E-state index is 9.26. The summed E-state index contributed by atoms with van der Waals surface area (Å²) in [7, 11) is 1.85. The maximum Gasteiger partial charge on any atom is 0.151 e. The van der Waals surface area contributed by atoms with E-state index in [0.29, 0.717) is 6.54 Å². The highest BCUT2D eigenvalue weighted by molar-refractivity contribution is 9.10. The summed E-state index contributed by atoms with van der Waals surface area (Å²) in [5, 5.41) is 17.1. The molecule has 0 aliphatic heterocycles. The number of hydrogen-bond donors (Lipinski definition) is 2. The molecule has 1 fully saturated rings. The van der Waals surface area contributed by atoms with Crippen molar-refractivity contribution in [2.75, 3.05) is 13.2 Å². The van der Waals surface area contributed by atoms with Crippen molar-refractivity contribution in [3.8, 4) is 0 Å². The number of aromatic nitrogens is 3. The van der Waals surface area contributed by atoms with Crippen molar-refractivity contribution in [1.82, 2.24) is 15.0 Å². The van der Waals surface area contributed by atoms with Gasteiger partial charge in [-0.25, -0.2) is 0 Å². The Morgan fingerprint density at radius 3 is 2.86 bits per heavy atom. The van der Waals surface area contributed by atoms with Gasteiger partial charge < -0.3 is 10.8 Å². The van der Waals surface area contributed by atoms with Crippen molar-refractivity contribution >= 4 is 15.9 Å². The Morgan fingerprint density at radius 1 is 1.79 bits per heavy atom. The minimum absolute atomic E-state index is 0.131. The van der Waals surface area contributed by atoms with E-state index < -0.39 is 0 Å². The molecule has 1 saturated carbocycles. The summed E-state index contributed by atoms with van der Waals surface area (Å²) in [5.74, 6) is 0.284. The minimum atomic E-state index is -0.141. The zero-order valence-electron chi connectivity index (χ0n) is 7.94. The Hall–Kier alpha value is -0.460. The predicted octanol–water partition coefficient (Wildman–Crippen LogP) is 0.00230. The molecule has 1 heterocycles. The topological polar surface area (TPSA) is 77.0 Å². The molecule has 2 unspecified atom stereocenters. The molecule has 2 atom stereocenters. The molecule has 0 radical (unpaired) electrons. The van der Waals surface area contributed by atoms with Crippen LogP contribution in [0.4, 0.5) is 0 Å². The van der Waals surface area contributed by atoms with Crippen LogP contribution in [-0.4, -0.2) is 33.3 Å². The first-order chi connectivity index (χ1) is 6.64. The molecule has 6 heteroatoms. The summed E-state index contributed by atoms with van der Waals surface area (Å²) < 4.78 is 2.50. The van der Waals surface area contributed by atoms with E-state index >= 15 is 0 Å². The summed E-state index contributed by atoms with van der Waals surface area (Å²) in [4.78, 5) is 0. The van der Waals surface area contributed by atoms with Crippen LogP contribution in [0.15, 0.2) is 4.60 Å². The van der Waals surface area contributed by atoms with Crippen LogP contribution in [0.3, 0.4) is 0 Å². The SMILES string of the molecule is Cn1nnc(Br)c1C1CC1(CN)CO. The summed E-state index contributed by atoms with van der Waals surface area (Å²) in [6, 6.07) is 0. The van der Waals surface area contributed by atoms with Crippen molar-refractivity contribution in [2.45, 2.75) is 12.3 Å². The van der Waals surface area contributed by atoms with E-state index in [0.717, 1.165) is 16.7 Å². The van der Waals surface area contributed by atoms with Crippen molar-refractivity contribution in [2.24, 2.45) is 18.2 Å². The molecule has 0 saturated heterocycles. The highest BCUT2D eigenvalue weighted by Gasteiger charge is 2.55. The first-order valence-corrected chi connectivity index (χ1v) is 5.30. The van der Waals surface area contributed by atoms with Crippen LogP contribution in [0.5, 0.6) is 0 Å². The highest BCUT2D eigenvalue weighted by Crippen LogP contribution is 2.59. The zero-order chi connectivity index (χ0) is 10.3. The van der Waals surface area contributed by atoms with Gasteiger partial charge in [-0.15, -0.1) is 5.10 Å². The molecule has 1 aliphatic rings. The quantitative estimate of drug-likeness (QED) is 0.803. The van der Waals surface area contributed by atoms with Gasteiger partial charge in [-0.05, 0) is 22.4 Å². The number of aliphatic hydroxyl groups excluding tert-OH is 1. The number of rotatable bonds is 3. The van der Waals surface area contributed by atoms with Crippen LogP contribution >= 0.6 is 15.9 Å². The van der Waals surface area contributed by atoms with E-state index in [1.807, 2.05) is 7.05 Å². The molecule has 0 amide bonds. The van der Waals surface area contributed by atoms with E-state index in [1.165, 1.54) is 0 Å². The lowest BCUT2D eigenvalue weighted by molar-refractivity contribution is 0.210. The van der Waals surface area contributed by atoms with Gasteiger partial charge >= 0.3 is 0 Å². The van der Waals surface area contributed by atoms with Crippen molar-refractivity contribution < 1.29 is 5.11 Å². The van der Waals surface area contributed by atoms with E-state index in [-0.39, 0.29) is 17.9 Å². The Balaban J connectivity index is 2.27. The van der Waals surface area contributed by atoms with Crippen LogP contribution in [-0.2, 0) is 7.05 Å². The van der Waals surface area contributed by atoms with Crippen molar-refractivity contribution in [3.63, 3.8) is 0 Å². The lowest BCUT2D eigenvalue weighted by Gasteiger charge is -2.10.